The van der Waals surface area contributed by atoms with Crippen LogP contribution in [-0.2, 0) is 11.8 Å². The highest BCUT2D eigenvalue weighted by atomic mass is 16.5. The zero-order valence-corrected chi connectivity index (χ0v) is 9.99. The van der Waals surface area contributed by atoms with Crippen LogP contribution in [0.25, 0.3) is 0 Å². The number of rotatable bonds is 6. The van der Waals surface area contributed by atoms with Crippen LogP contribution >= 0.6 is 0 Å². The van der Waals surface area contributed by atoms with Crippen LogP contribution in [-0.4, -0.2) is 29.6 Å². The van der Waals surface area contributed by atoms with Gasteiger partial charge in [-0.15, -0.1) is 0 Å². The number of nitrogens with zero attached hydrogens (tertiary/aromatic N) is 3. The molecule has 1 heterocycles. The van der Waals surface area contributed by atoms with Crippen molar-refractivity contribution in [2.75, 3.05) is 19.8 Å². The molecule has 0 fully saturated rings. The van der Waals surface area contributed by atoms with Crippen LogP contribution < -0.4 is 4.74 Å². The molecule has 0 bridgehead atoms. The van der Waals surface area contributed by atoms with Crippen LogP contribution in [0.4, 0.5) is 0 Å². The molecule has 0 N–H and O–H groups in total. The van der Waals surface area contributed by atoms with Crippen molar-refractivity contribution < 1.29 is 9.47 Å². The number of ether oxygens (including phenoxy) is 2. The van der Waals surface area contributed by atoms with Gasteiger partial charge in [-0.25, -0.2) is 4.68 Å². The SMILES string of the molecule is CCCOCCOc1c(C#N)c(C)nn1C. The molecule has 0 atom stereocenters. The Hall–Kier alpha value is -1.54. The lowest BCUT2D eigenvalue weighted by molar-refractivity contribution is 0.0973. The van der Waals surface area contributed by atoms with Gasteiger partial charge in [-0.2, -0.15) is 10.4 Å². The smallest absolute Gasteiger partial charge is 0.230 e. The Bertz CT molecular complexity index is 379. The molecule has 0 radical (unpaired) electrons. The molecule has 0 aromatic carbocycles. The Kier molecular flexibility index (Phi) is 4.80. The van der Waals surface area contributed by atoms with E-state index < -0.39 is 0 Å². The molecule has 0 aliphatic heterocycles. The summed E-state index contributed by atoms with van der Waals surface area (Å²) in [5.74, 6) is 0.514. The number of nitriles is 1. The minimum atomic E-state index is 0.438. The van der Waals surface area contributed by atoms with Gasteiger partial charge in [-0.3, -0.25) is 0 Å². The maximum absolute atomic E-state index is 8.94. The number of aromatic nitrogens is 2. The van der Waals surface area contributed by atoms with E-state index in [1.54, 1.807) is 18.7 Å². The summed E-state index contributed by atoms with van der Waals surface area (Å²) in [5.41, 5.74) is 1.19. The van der Waals surface area contributed by atoms with Gasteiger partial charge < -0.3 is 9.47 Å². The first kappa shape index (κ1) is 12.5. The molecule has 0 spiro atoms. The molecular formula is C11H17N3O2. The first-order valence-electron chi connectivity index (χ1n) is 5.35. The Balaban J connectivity index is 2.51. The van der Waals surface area contributed by atoms with Crippen LogP contribution in [0.3, 0.4) is 0 Å². The molecular weight excluding hydrogens is 206 g/mol. The second kappa shape index (κ2) is 6.13. The standard InChI is InChI=1S/C11H17N3O2/c1-4-5-15-6-7-16-11-10(8-12)9(2)13-14(11)3/h4-7H2,1-3H3. The highest BCUT2D eigenvalue weighted by Crippen LogP contribution is 2.19. The van der Waals surface area contributed by atoms with Crippen molar-refractivity contribution in [2.24, 2.45) is 7.05 Å². The monoisotopic (exact) mass is 223 g/mol. The Morgan fingerprint density at radius 1 is 1.38 bits per heavy atom. The van der Waals surface area contributed by atoms with E-state index in [0.29, 0.717) is 30.4 Å². The van der Waals surface area contributed by atoms with E-state index in [0.717, 1.165) is 13.0 Å². The Labute approximate surface area is 95.6 Å². The summed E-state index contributed by atoms with van der Waals surface area (Å²) in [7, 11) is 1.76. The molecule has 5 nitrogen and oxygen atoms in total. The van der Waals surface area contributed by atoms with Gasteiger partial charge in [0.25, 0.3) is 0 Å². The normalized spacial score (nSPS) is 10.1. The molecule has 0 aliphatic rings. The highest BCUT2D eigenvalue weighted by molar-refractivity contribution is 5.41. The maximum atomic E-state index is 8.94. The second-order valence-electron chi connectivity index (χ2n) is 3.46. The van der Waals surface area contributed by atoms with Crippen LogP contribution in [0.1, 0.15) is 24.6 Å². The molecule has 0 saturated carbocycles. The predicted octanol–water partition coefficient (Wildman–Crippen LogP) is 1.41. The minimum absolute atomic E-state index is 0.438. The van der Waals surface area contributed by atoms with E-state index in [4.69, 9.17) is 14.7 Å². The molecule has 0 amide bonds. The lowest BCUT2D eigenvalue weighted by atomic mass is 10.3. The summed E-state index contributed by atoms with van der Waals surface area (Å²) < 4.78 is 12.3. The lowest BCUT2D eigenvalue weighted by Crippen LogP contribution is -2.10. The fourth-order valence-electron chi connectivity index (χ4n) is 1.37. The van der Waals surface area contributed by atoms with Gasteiger partial charge in [0.1, 0.15) is 18.2 Å². The summed E-state index contributed by atoms with van der Waals surface area (Å²) in [6.45, 7) is 5.55. The quantitative estimate of drug-likeness (QED) is 0.684. The van der Waals surface area contributed by atoms with Crippen molar-refractivity contribution >= 4 is 0 Å². The number of hydrogen-bond donors (Lipinski definition) is 0. The third kappa shape index (κ3) is 2.97. The van der Waals surface area contributed by atoms with Gasteiger partial charge in [-0.1, -0.05) is 6.92 Å². The van der Waals surface area contributed by atoms with E-state index in [1.165, 1.54) is 0 Å². The number of hydrogen-bond acceptors (Lipinski definition) is 4. The van der Waals surface area contributed by atoms with Gasteiger partial charge >= 0.3 is 0 Å². The van der Waals surface area contributed by atoms with Crippen LogP contribution in [0.15, 0.2) is 0 Å². The van der Waals surface area contributed by atoms with Crippen molar-refractivity contribution in [3.63, 3.8) is 0 Å². The van der Waals surface area contributed by atoms with E-state index in [9.17, 15) is 0 Å². The molecule has 88 valence electrons. The van der Waals surface area contributed by atoms with Gasteiger partial charge in [0.05, 0.1) is 12.3 Å². The van der Waals surface area contributed by atoms with Gasteiger partial charge in [-0.05, 0) is 13.3 Å². The topological polar surface area (TPSA) is 60.1 Å². The highest BCUT2D eigenvalue weighted by Gasteiger charge is 2.13. The molecule has 1 rings (SSSR count). The second-order valence-corrected chi connectivity index (χ2v) is 3.46. The largest absolute Gasteiger partial charge is 0.474 e. The first-order valence-corrected chi connectivity index (χ1v) is 5.35. The molecule has 16 heavy (non-hydrogen) atoms. The van der Waals surface area contributed by atoms with Crippen molar-refractivity contribution in [3.05, 3.63) is 11.3 Å². The molecule has 0 saturated heterocycles. The summed E-state index contributed by atoms with van der Waals surface area (Å²) in [4.78, 5) is 0. The van der Waals surface area contributed by atoms with E-state index in [2.05, 4.69) is 18.1 Å². The van der Waals surface area contributed by atoms with Crippen LogP contribution in [0.2, 0.25) is 0 Å². The zero-order chi connectivity index (χ0) is 12.0. The fraction of sp³-hybridized carbons (Fsp3) is 0.636. The van der Waals surface area contributed by atoms with Crippen LogP contribution in [0.5, 0.6) is 5.88 Å². The van der Waals surface area contributed by atoms with E-state index in [-0.39, 0.29) is 0 Å². The Morgan fingerprint density at radius 2 is 2.12 bits per heavy atom. The van der Waals surface area contributed by atoms with Gasteiger partial charge in [0.15, 0.2) is 0 Å². The lowest BCUT2D eigenvalue weighted by Gasteiger charge is -2.06. The van der Waals surface area contributed by atoms with Gasteiger partial charge in [0.2, 0.25) is 5.88 Å². The van der Waals surface area contributed by atoms with Crippen LogP contribution in [0, 0.1) is 18.3 Å². The summed E-state index contributed by atoms with van der Waals surface area (Å²) in [5, 5.41) is 13.1. The van der Waals surface area contributed by atoms with E-state index in [1.807, 2.05) is 0 Å². The molecule has 5 heteroatoms. The molecule has 1 aromatic heterocycles. The van der Waals surface area contributed by atoms with Crippen molar-refractivity contribution in [3.8, 4) is 11.9 Å². The fourth-order valence-corrected chi connectivity index (χ4v) is 1.37. The first-order chi connectivity index (χ1) is 7.70. The maximum Gasteiger partial charge on any atom is 0.230 e. The number of aryl methyl sites for hydroxylation is 2. The van der Waals surface area contributed by atoms with E-state index >= 15 is 0 Å². The summed E-state index contributed by atoms with van der Waals surface area (Å²) in [6, 6.07) is 2.09. The summed E-state index contributed by atoms with van der Waals surface area (Å²) >= 11 is 0. The van der Waals surface area contributed by atoms with Crippen molar-refractivity contribution in [1.29, 1.82) is 5.26 Å². The third-order valence-electron chi connectivity index (χ3n) is 2.10. The summed E-state index contributed by atoms with van der Waals surface area (Å²) in [6.07, 6.45) is 0.994. The predicted molar refractivity (Wildman–Crippen MR) is 59.3 cm³/mol. The molecule has 0 aliphatic carbocycles. The van der Waals surface area contributed by atoms with Gasteiger partial charge in [0, 0.05) is 13.7 Å². The molecule has 1 aromatic rings. The average molecular weight is 223 g/mol. The molecule has 0 unspecified atom stereocenters. The van der Waals surface area contributed by atoms with Crippen molar-refractivity contribution in [2.45, 2.75) is 20.3 Å². The van der Waals surface area contributed by atoms with Crippen molar-refractivity contribution in [1.82, 2.24) is 9.78 Å². The zero-order valence-electron chi connectivity index (χ0n) is 9.99. The minimum Gasteiger partial charge on any atom is -0.474 e. The third-order valence-corrected chi connectivity index (χ3v) is 2.10. The average Bonchev–Trinajstić information content (AvgIpc) is 2.53. The Morgan fingerprint density at radius 3 is 2.75 bits per heavy atom.